The highest BCUT2D eigenvalue weighted by molar-refractivity contribution is 7.20. The van der Waals surface area contributed by atoms with Crippen LogP contribution in [0.4, 0.5) is 0 Å². The van der Waals surface area contributed by atoms with E-state index in [9.17, 15) is 0 Å². The van der Waals surface area contributed by atoms with Crippen LogP contribution in [0.5, 0.6) is 0 Å². The summed E-state index contributed by atoms with van der Waals surface area (Å²) in [7, 11) is 0. The Morgan fingerprint density at radius 2 is 0.955 bits per heavy atom. The average Bonchev–Trinajstić information content (AvgIpc) is 3.32. The van der Waals surface area contributed by atoms with Gasteiger partial charge in [0.1, 0.15) is 0 Å². The van der Waals surface area contributed by atoms with Gasteiger partial charge < -0.3 is 0 Å². The minimum absolute atomic E-state index is 1.37. The third-order valence-electron chi connectivity index (χ3n) is 2.33. The molecule has 22 heavy (non-hydrogen) atoms. The third-order valence-corrected chi connectivity index (χ3v) is 4.26. The molecular weight excluding hydrogens is 310 g/mol. The second-order valence-electron chi connectivity index (χ2n) is 3.87. The van der Waals surface area contributed by atoms with Crippen LogP contribution in [0.3, 0.4) is 0 Å². The van der Waals surface area contributed by atoms with E-state index in [1.807, 2.05) is 18.2 Å². The summed E-state index contributed by atoms with van der Waals surface area (Å²) < 4.78 is 0. The SMILES string of the molecule is c1ccncc1.c1cnccn1.c1csc(-c2cccs2)c1. The lowest BCUT2D eigenvalue weighted by Gasteiger charge is -1.84. The molecule has 0 aliphatic rings. The van der Waals surface area contributed by atoms with Crippen LogP contribution < -0.4 is 0 Å². The van der Waals surface area contributed by atoms with Crippen molar-refractivity contribution in [2.45, 2.75) is 0 Å². The molecule has 0 atom stereocenters. The molecule has 0 aliphatic heterocycles. The highest BCUT2D eigenvalue weighted by Gasteiger charge is 1.96. The van der Waals surface area contributed by atoms with Crippen molar-refractivity contribution in [2.75, 3.05) is 0 Å². The normalized spacial score (nSPS) is 8.91. The van der Waals surface area contributed by atoms with Gasteiger partial charge in [-0.1, -0.05) is 18.2 Å². The molecule has 4 aromatic rings. The molecule has 0 spiro atoms. The first-order valence-corrected chi connectivity index (χ1v) is 8.35. The lowest BCUT2D eigenvalue weighted by molar-refractivity contribution is 1.20. The van der Waals surface area contributed by atoms with Crippen LogP contribution in [0.2, 0.25) is 0 Å². The Morgan fingerprint density at radius 1 is 0.500 bits per heavy atom. The Bertz CT molecular complexity index is 564. The van der Waals surface area contributed by atoms with E-state index in [0.29, 0.717) is 0 Å². The van der Waals surface area contributed by atoms with E-state index in [4.69, 9.17) is 0 Å². The molecule has 0 amide bonds. The lowest BCUT2D eigenvalue weighted by atomic mass is 10.4. The minimum atomic E-state index is 1.37. The van der Waals surface area contributed by atoms with E-state index in [2.05, 4.69) is 50.0 Å². The molecule has 0 unspecified atom stereocenters. The van der Waals surface area contributed by atoms with Crippen molar-refractivity contribution in [1.29, 1.82) is 0 Å². The summed E-state index contributed by atoms with van der Waals surface area (Å²) in [5, 5.41) is 4.21. The Hall–Kier alpha value is -2.37. The summed E-state index contributed by atoms with van der Waals surface area (Å²) in [5.74, 6) is 0. The van der Waals surface area contributed by atoms with Crippen LogP contribution in [0.25, 0.3) is 9.75 Å². The number of hydrogen-bond donors (Lipinski definition) is 0. The maximum Gasteiger partial charge on any atom is 0.0451 e. The molecule has 5 heteroatoms. The predicted octanol–water partition coefficient (Wildman–Crippen LogP) is 5.03. The molecule has 4 heterocycles. The Labute approximate surface area is 138 Å². The molecule has 0 aromatic carbocycles. The maximum atomic E-state index is 3.78. The fourth-order valence-electron chi connectivity index (χ4n) is 1.40. The van der Waals surface area contributed by atoms with E-state index in [0.717, 1.165) is 0 Å². The van der Waals surface area contributed by atoms with Crippen molar-refractivity contribution in [3.8, 4) is 9.75 Å². The molecule has 4 aromatic heterocycles. The first-order chi connectivity index (χ1) is 11.0. The standard InChI is InChI=1S/C8H6S2.C5H5N.C4H4N2/c1-3-7(9-5-1)8-4-2-6-10-8;1-2-4-6-5-3-1;1-2-6-4-3-5-1/h1-6H;1-5H;1-4H. The van der Waals surface area contributed by atoms with Gasteiger partial charge in [-0.3, -0.25) is 15.0 Å². The fourth-order valence-corrected chi connectivity index (χ4v) is 2.98. The van der Waals surface area contributed by atoms with Gasteiger partial charge in [-0.25, -0.2) is 0 Å². The molecular formula is C17H15N3S2. The molecule has 0 N–H and O–H groups in total. The first-order valence-electron chi connectivity index (χ1n) is 6.59. The fraction of sp³-hybridized carbons (Fsp3) is 0. The Kier molecular flexibility index (Phi) is 7.55. The number of hydrogen-bond acceptors (Lipinski definition) is 5. The topological polar surface area (TPSA) is 38.7 Å². The zero-order valence-corrected chi connectivity index (χ0v) is 13.5. The average molecular weight is 325 g/mol. The summed E-state index contributed by atoms with van der Waals surface area (Å²) in [5.41, 5.74) is 0. The lowest BCUT2D eigenvalue weighted by Crippen LogP contribution is -1.66. The summed E-state index contributed by atoms with van der Waals surface area (Å²) in [4.78, 5) is 14.0. The predicted molar refractivity (Wildman–Crippen MR) is 93.9 cm³/mol. The minimum Gasteiger partial charge on any atom is -0.265 e. The zero-order valence-electron chi connectivity index (χ0n) is 11.8. The highest BCUT2D eigenvalue weighted by atomic mass is 32.1. The van der Waals surface area contributed by atoms with Gasteiger partial charge in [-0.05, 0) is 35.0 Å². The molecule has 0 saturated heterocycles. The third kappa shape index (κ3) is 6.39. The van der Waals surface area contributed by atoms with Gasteiger partial charge in [0.05, 0.1) is 0 Å². The largest absolute Gasteiger partial charge is 0.265 e. The monoisotopic (exact) mass is 325 g/mol. The smallest absolute Gasteiger partial charge is 0.0451 e. The van der Waals surface area contributed by atoms with Gasteiger partial charge in [0.2, 0.25) is 0 Å². The molecule has 0 aliphatic carbocycles. The molecule has 4 rings (SSSR count). The van der Waals surface area contributed by atoms with E-state index in [-0.39, 0.29) is 0 Å². The van der Waals surface area contributed by atoms with Gasteiger partial charge in [-0.2, -0.15) is 0 Å². The highest BCUT2D eigenvalue weighted by Crippen LogP contribution is 2.28. The van der Waals surface area contributed by atoms with Crippen molar-refractivity contribution in [3.63, 3.8) is 0 Å². The molecule has 0 radical (unpaired) electrons. The quantitative estimate of drug-likeness (QED) is 0.492. The number of pyridine rings is 1. The summed E-state index contributed by atoms with van der Waals surface area (Å²) in [6, 6.07) is 14.2. The van der Waals surface area contributed by atoms with Crippen molar-refractivity contribution >= 4 is 22.7 Å². The van der Waals surface area contributed by atoms with E-state index in [1.165, 1.54) is 9.75 Å². The van der Waals surface area contributed by atoms with Crippen molar-refractivity contribution < 1.29 is 0 Å². The van der Waals surface area contributed by atoms with Crippen LogP contribution in [-0.4, -0.2) is 15.0 Å². The van der Waals surface area contributed by atoms with Gasteiger partial charge in [0.25, 0.3) is 0 Å². The summed E-state index contributed by atoms with van der Waals surface area (Å²) in [6.07, 6.45) is 10.1. The van der Waals surface area contributed by atoms with Gasteiger partial charge in [0.15, 0.2) is 0 Å². The van der Waals surface area contributed by atoms with Crippen LogP contribution in [0.15, 0.2) is 90.4 Å². The van der Waals surface area contributed by atoms with Crippen LogP contribution in [0, 0.1) is 0 Å². The van der Waals surface area contributed by atoms with Crippen LogP contribution >= 0.6 is 22.7 Å². The first kappa shape index (κ1) is 16.0. The van der Waals surface area contributed by atoms with Gasteiger partial charge in [-0.15, -0.1) is 22.7 Å². The summed E-state index contributed by atoms with van der Waals surface area (Å²) >= 11 is 3.58. The van der Waals surface area contributed by atoms with E-state index >= 15 is 0 Å². The number of thiophene rings is 2. The van der Waals surface area contributed by atoms with Gasteiger partial charge >= 0.3 is 0 Å². The Balaban J connectivity index is 0.000000128. The van der Waals surface area contributed by atoms with Crippen LogP contribution in [0.1, 0.15) is 0 Å². The molecule has 3 nitrogen and oxygen atoms in total. The number of rotatable bonds is 1. The molecule has 0 fully saturated rings. The van der Waals surface area contributed by atoms with Crippen LogP contribution in [-0.2, 0) is 0 Å². The zero-order chi connectivity index (χ0) is 15.3. The summed E-state index contributed by atoms with van der Waals surface area (Å²) in [6.45, 7) is 0. The second-order valence-corrected chi connectivity index (χ2v) is 5.77. The van der Waals surface area contributed by atoms with E-state index < -0.39 is 0 Å². The molecule has 0 saturated carbocycles. The van der Waals surface area contributed by atoms with E-state index in [1.54, 1.807) is 59.9 Å². The van der Waals surface area contributed by atoms with Crippen molar-refractivity contribution in [1.82, 2.24) is 15.0 Å². The maximum absolute atomic E-state index is 3.78. The van der Waals surface area contributed by atoms with Crippen molar-refractivity contribution in [3.05, 3.63) is 90.4 Å². The molecule has 110 valence electrons. The van der Waals surface area contributed by atoms with Gasteiger partial charge in [0, 0.05) is 46.9 Å². The Morgan fingerprint density at radius 3 is 1.18 bits per heavy atom. The van der Waals surface area contributed by atoms with Crippen molar-refractivity contribution in [2.24, 2.45) is 0 Å². The molecule has 0 bridgehead atoms. The second kappa shape index (κ2) is 10.4. The number of nitrogens with zero attached hydrogens (tertiary/aromatic N) is 3. The number of aromatic nitrogens is 3.